The zero-order valence-electron chi connectivity index (χ0n) is 12.3. The first kappa shape index (κ1) is 20.1. The fourth-order valence-electron chi connectivity index (χ4n) is 1.12. The Bertz CT molecular complexity index is 427. The van der Waals surface area contributed by atoms with Crippen molar-refractivity contribution in [1.29, 1.82) is 5.26 Å². The summed E-state index contributed by atoms with van der Waals surface area (Å²) in [5.74, 6) is -0.613. The Balaban J connectivity index is 0. The number of hydrogen-bond donors (Lipinski definition) is 0. The van der Waals surface area contributed by atoms with Gasteiger partial charge in [-0.1, -0.05) is 27.7 Å². The van der Waals surface area contributed by atoms with Gasteiger partial charge in [-0.3, -0.25) is 4.79 Å². The van der Waals surface area contributed by atoms with Crippen LogP contribution < -0.4 is 0 Å². The maximum atomic E-state index is 13.4. The zero-order valence-corrected chi connectivity index (χ0v) is 13.9. The minimum Gasteiger partial charge on any atom is -0.298 e. The maximum absolute atomic E-state index is 13.4. The van der Waals surface area contributed by atoms with Crippen LogP contribution in [0.15, 0.2) is 16.6 Å². The molecule has 0 aromatic heterocycles. The molecule has 1 rings (SSSR count). The third-order valence-corrected chi connectivity index (χ3v) is 2.85. The number of aldehydes is 1. The van der Waals surface area contributed by atoms with Crippen molar-refractivity contribution in [2.24, 2.45) is 0 Å². The van der Waals surface area contributed by atoms with E-state index in [-0.39, 0.29) is 5.56 Å². The third kappa shape index (κ3) is 5.52. The zero-order chi connectivity index (χ0) is 15.6. The SMILES string of the molecule is CC.CC.CC(C)(C#N)c1cc(F)c(C=O)c(Br)c1. The molecule has 2 nitrogen and oxygen atoms in total. The molecule has 0 bridgehead atoms. The molecule has 0 spiro atoms. The van der Waals surface area contributed by atoms with Crippen LogP contribution in [0.4, 0.5) is 4.39 Å². The molecular formula is C15H21BrFNO. The number of rotatable bonds is 2. The molecule has 1 aromatic rings. The molecule has 1 aromatic carbocycles. The smallest absolute Gasteiger partial charge is 0.154 e. The summed E-state index contributed by atoms with van der Waals surface area (Å²) >= 11 is 3.10. The topological polar surface area (TPSA) is 40.9 Å². The van der Waals surface area contributed by atoms with Crippen molar-refractivity contribution in [3.8, 4) is 6.07 Å². The molecule has 0 N–H and O–H groups in total. The van der Waals surface area contributed by atoms with Crippen molar-refractivity contribution in [3.05, 3.63) is 33.5 Å². The molecule has 0 saturated heterocycles. The second-order valence-electron chi connectivity index (χ2n) is 3.71. The lowest BCUT2D eigenvalue weighted by molar-refractivity contribution is 0.111. The molecule has 0 amide bonds. The van der Waals surface area contributed by atoms with Gasteiger partial charge in [-0.25, -0.2) is 4.39 Å². The van der Waals surface area contributed by atoms with E-state index in [2.05, 4.69) is 22.0 Å². The molecule has 0 unspecified atom stereocenters. The predicted molar refractivity (Wildman–Crippen MR) is 80.8 cm³/mol. The van der Waals surface area contributed by atoms with Crippen LogP contribution in [0.3, 0.4) is 0 Å². The Morgan fingerprint density at radius 3 is 2.05 bits per heavy atom. The van der Waals surface area contributed by atoms with Gasteiger partial charge in [0.05, 0.1) is 17.0 Å². The van der Waals surface area contributed by atoms with Gasteiger partial charge in [-0.2, -0.15) is 5.26 Å². The summed E-state index contributed by atoms with van der Waals surface area (Å²) in [5, 5.41) is 8.90. The molecular weight excluding hydrogens is 309 g/mol. The second kappa shape index (κ2) is 9.69. The molecule has 0 radical (unpaired) electrons. The first-order valence-corrected chi connectivity index (χ1v) is 7.07. The first-order chi connectivity index (χ1) is 8.92. The Kier molecular flexibility index (Phi) is 10.3. The number of nitrogens with zero attached hydrogens (tertiary/aromatic N) is 1. The van der Waals surface area contributed by atoms with Crippen LogP contribution in [0.5, 0.6) is 0 Å². The molecule has 4 heteroatoms. The quantitative estimate of drug-likeness (QED) is 0.695. The van der Waals surface area contributed by atoms with Gasteiger partial charge in [0.2, 0.25) is 0 Å². The van der Waals surface area contributed by atoms with Crippen LogP contribution >= 0.6 is 15.9 Å². The van der Waals surface area contributed by atoms with E-state index in [0.717, 1.165) is 0 Å². The normalized spacial score (nSPS) is 9.21. The maximum Gasteiger partial charge on any atom is 0.154 e. The number of carbonyl (C=O) groups is 1. The van der Waals surface area contributed by atoms with Crippen molar-refractivity contribution >= 4 is 22.2 Å². The number of benzene rings is 1. The Labute approximate surface area is 123 Å². The highest BCUT2D eigenvalue weighted by molar-refractivity contribution is 9.10. The van der Waals surface area contributed by atoms with E-state index in [1.165, 1.54) is 6.07 Å². The number of halogens is 2. The average molecular weight is 330 g/mol. The lowest BCUT2D eigenvalue weighted by Gasteiger charge is -2.16. The van der Waals surface area contributed by atoms with E-state index in [1.54, 1.807) is 19.9 Å². The van der Waals surface area contributed by atoms with Crippen LogP contribution in [0.25, 0.3) is 0 Å². The van der Waals surface area contributed by atoms with E-state index in [4.69, 9.17) is 5.26 Å². The molecule has 0 aliphatic carbocycles. The standard InChI is InChI=1S/C11H9BrFNO.2C2H6/c1-11(2,6-14)7-3-9(12)8(5-15)10(13)4-7;2*1-2/h3-5H,1-2H3;2*1-2H3. The highest BCUT2D eigenvalue weighted by Gasteiger charge is 2.22. The Morgan fingerprint density at radius 2 is 1.74 bits per heavy atom. The van der Waals surface area contributed by atoms with Crippen molar-refractivity contribution in [3.63, 3.8) is 0 Å². The summed E-state index contributed by atoms with van der Waals surface area (Å²) in [4.78, 5) is 10.5. The lowest BCUT2D eigenvalue weighted by atomic mass is 9.86. The van der Waals surface area contributed by atoms with Crippen molar-refractivity contribution in [1.82, 2.24) is 0 Å². The lowest BCUT2D eigenvalue weighted by Crippen LogP contribution is -2.14. The van der Waals surface area contributed by atoms with E-state index in [9.17, 15) is 9.18 Å². The van der Waals surface area contributed by atoms with Gasteiger partial charge in [0.15, 0.2) is 6.29 Å². The van der Waals surface area contributed by atoms with Crippen LogP contribution in [-0.2, 0) is 5.41 Å². The van der Waals surface area contributed by atoms with Gasteiger partial charge in [-0.05, 0) is 47.5 Å². The molecule has 0 heterocycles. The van der Waals surface area contributed by atoms with Gasteiger partial charge in [0.1, 0.15) is 5.82 Å². The second-order valence-corrected chi connectivity index (χ2v) is 4.56. The summed E-state index contributed by atoms with van der Waals surface area (Å²) in [6.07, 6.45) is 0.447. The highest BCUT2D eigenvalue weighted by Crippen LogP contribution is 2.28. The van der Waals surface area contributed by atoms with Crippen molar-refractivity contribution in [2.75, 3.05) is 0 Å². The van der Waals surface area contributed by atoms with Crippen LogP contribution in [0.2, 0.25) is 0 Å². The first-order valence-electron chi connectivity index (χ1n) is 6.28. The van der Waals surface area contributed by atoms with Gasteiger partial charge in [0, 0.05) is 4.47 Å². The van der Waals surface area contributed by atoms with E-state index < -0.39 is 11.2 Å². The molecule has 0 aliphatic heterocycles. The molecule has 0 aliphatic rings. The van der Waals surface area contributed by atoms with Crippen molar-refractivity contribution in [2.45, 2.75) is 47.0 Å². The summed E-state index contributed by atoms with van der Waals surface area (Å²) in [5.41, 5.74) is -0.252. The van der Waals surface area contributed by atoms with E-state index in [0.29, 0.717) is 16.3 Å². The Morgan fingerprint density at radius 1 is 1.26 bits per heavy atom. The van der Waals surface area contributed by atoms with Gasteiger partial charge < -0.3 is 0 Å². The summed E-state index contributed by atoms with van der Waals surface area (Å²) in [7, 11) is 0. The molecule has 106 valence electrons. The predicted octanol–water partition coefficient (Wildman–Crippen LogP) is 5.25. The molecule has 0 fully saturated rings. The summed E-state index contributed by atoms with van der Waals surface area (Å²) in [6.45, 7) is 11.4. The fourth-order valence-corrected chi connectivity index (χ4v) is 1.65. The number of nitriles is 1. The third-order valence-electron chi connectivity index (χ3n) is 2.20. The van der Waals surface area contributed by atoms with Crippen molar-refractivity contribution < 1.29 is 9.18 Å². The van der Waals surface area contributed by atoms with Gasteiger partial charge in [0.25, 0.3) is 0 Å². The van der Waals surface area contributed by atoms with Crippen LogP contribution in [0.1, 0.15) is 57.5 Å². The minimum absolute atomic E-state index is 0.0208. The van der Waals surface area contributed by atoms with Crippen LogP contribution in [-0.4, -0.2) is 6.29 Å². The number of carbonyl (C=O) groups excluding carboxylic acids is 1. The van der Waals surface area contributed by atoms with Gasteiger partial charge in [-0.15, -0.1) is 0 Å². The number of hydrogen-bond acceptors (Lipinski definition) is 2. The average Bonchev–Trinajstić information content (AvgIpc) is 2.43. The highest BCUT2D eigenvalue weighted by atomic mass is 79.9. The van der Waals surface area contributed by atoms with E-state index >= 15 is 0 Å². The van der Waals surface area contributed by atoms with E-state index in [1.807, 2.05) is 27.7 Å². The Hall–Kier alpha value is -1.21. The molecule has 0 saturated carbocycles. The molecule has 19 heavy (non-hydrogen) atoms. The largest absolute Gasteiger partial charge is 0.298 e. The minimum atomic E-state index is -0.773. The van der Waals surface area contributed by atoms with Gasteiger partial charge >= 0.3 is 0 Å². The molecule has 0 atom stereocenters. The fraction of sp³-hybridized carbons (Fsp3) is 0.467. The summed E-state index contributed by atoms with van der Waals surface area (Å²) in [6, 6.07) is 4.89. The van der Waals surface area contributed by atoms with Crippen LogP contribution in [0, 0.1) is 17.1 Å². The summed E-state index contributed by atoms with van der Waals surface area (Å²) < 4.78 is 13.8. The monoisotopic (exact) mass is 329 g/mol.